The van der Waals surface area contributed by atoms with Crippen LogP contribution in [0.3, 0.4) is 0 Å². The molecular formula is C20H21N5O2S. The van der Waals surface area contributed by atoms with Gasteiger partial charge in [-0.15, -0.1) is 0 Å². The predicted octanol–water partition coefficient (Wildman–Crippen LogP) is 3.65. The van der Waals surface area contributed by atoms with Crippen LogP contribution in [0.25, 0.3) is 0 Å². The van der Waals surface area contributed by atoms with E-state index in [2.05, 4.69) is 25.2 Å². The first-order valence-corrected chi connectivity index (χ1v) is 10.1. The third-order valence-electron chi connectivity index (χ3n) is 3.89. The molecule has 0 fully saturated rings. The fraction of sp³-hybridized carbons (Fsp3) is 0.150. The number of aryl methyl sites for hydroxylation is 3. The Morgan fingerprint density at radius 2 is 1.57 bits per heavy atom. The predicted molar refractivity (Wildman–Crippen MR) is 111 cm³/mol. The SMILES string of the molecule is Cc1ccc(S(=O)(=O)Nc2ccccc2/C=N/Nc2nc(C)cc(C)n2)cc1. The minimum Gasteiger partial charge on any atom is -0.279 e. The van der Waals surface area contributed by atoms with Crippen molar-refractivity contribution in [3.63, 3.8) is 0 Å². The standard InChI is InChI=1S/C20H21N5O2S/c1-14-8-10-18(11-9-14)28(26,27)25-19-7-5-4-6-17(19)13-21-24-20-22-15(2)12-16(3)23-20/h4-13,25H,1-3H3,(H,22,23,24)/b21-13+. The third-order valence-corrected chi connectivity index (χ3v) is 5.27. The fourth-order valence-electron chi connectivity index (χ4n) is 2.56. The Hall–Kier alpha value is -3.26. The Bertz CT molecular complexity index is 1090. The zero-order valence-corrected chi connectivity index (χ0v) is 16.7. The molecule has 2 N–H and O–H groups in total. The van der Waals surface area contributed by atoms with Gasteiger partial charge in [-0.25, -0.2) is 23.8 Å². The highest BCUT2D eigenvalue weighted by Gasteiger charge is 2.15. The van der Waals surface area contributed by atoms with Crippen molar-refractivity contribution in [2.24, 2.45) is 5.10 Å². The molecule has 0 aliphatic heterocycles. The van der Waals surface area contributed by atoms with Gasteiger partial charge >= 0.3 is 0 Å². The van der Waals surface area contributed by atoms with E-state index < -0.39 is 10.0 Å². The fourth-order valence-corrected chi connectivity index (χ4v) is 3.65. The van der Waals surface area contributed by atoms with Gasteiger partial charge in [0, 0.05) is 17.0 Å². The molecule has 0 radical (unpaired) electrons. The molecule has 0 unspecified atom stereocenters. The van der Waals surface area contributed by atoms with Crippen molar-refractivity contribution < 1.29 is 8.42 Å². The molecule has 8 heteroatoms. The van der Waals surface area contributed by atoms with E-state index >= 15 is 0 Å². The average molecular weight is 395 g/mol. The Balaban J connectivity index is 1.80. The molecule has 0 saturated heterocycles. The Kier molecular flexibility index (Phi) is 5.70. The van der Waals surface area contributed by atoms with E-state index in [-0.39, 0.29) is 4.90 Å². The summed E-state index contributed by atoms with van der Waals surface area (Å²) in [7, 11) is -3.70. The largest absolute Gasteiger partial charge is 0.279 e. The number of para-hydroxylation sites is 1. The molecule has 3 rings (SSSR count). The molecule has 0 bridgehead atoms. The van der Waals surface area contributed by atoms with Gasteiger partial charge < -0.3 is 0 Å². The van der Waals surface area contributed by atoms with Crippen molar-refractivity contribution >= 4 is 27.9 Å². The minimum atomic E-state index is -3.70. The van der Waals surface area contributed by atoms with Gasteiger partial charge in [-0.1, -0.05) is 35.9 Å². The molecule has 0 amide bonds. The smallest absolute Gasteiger partial charge is 0.261 e. The number of hydrazone groups is 1. The summed E-state index contributed by atoms with van der Waals surface area (Å²) >= 11 is 0. The van der Waals surface area contributed by atoms with Gasteiger partial charge in [0.15, 0.2) is 0 Å². The molecule has 7 nitrogen and oxygen atoms in total. The van der Waals surface area contributed by atoms with E-state index in [1.807, 2.05) is 26.8 Å². The van der Waals surface area contributed by atoms with E-state index in [1.54, 1.807) is 48.5 Å². The normalized spacial score (nSPS) is 11.5. The van der Waals surface area contributed by atoms with Crippen molar-refractivity contribution in [1.82, 2.24) is 9.97 Å². The molecule has 0 atom stereocenters. The van der Waals surface area contributed by atoms with Gasteiger partial charge in [0.05, 0.1) is 16.8 Å². The molecule has 2 aromatic carbocycles. The van der Waals surface area contributed by atoms with Crippen LogP contribution in [-0.2, 0) is 10.0 Å². The van der Waals surface area contributed by atoms with E-state index in [0.717, 1.165) is 17.0 Å². The minimum absolute atomic E-state index is 0.201. The van der Waals surface area contributed by atoms with Crippen LogP contribution in [0.1, 0.15) is 22.5 Å². The summed E-state index contributed by atoms with van der Waals surface area (Å²) in [5.41, 5.74) is 6.46. The highest BCUT2D eigenvalue weighted by molar-refractivity contribution is 7.92. The zero-order valence-electron chi connectivity index (χ0n) is 15.8. The lowest BCUT2D eigenvalue weighted by Crippen LogP contribution is -2.14. The van der Waals surface area contributed by atoms with Gasteiger partial charge in [0.1, 0.15) is 0 Å². The molecular weight excluding hydrogens is 374 g/mol. The van der Waals surface area contributed by atoms with Crippen LogP contribution < -0.4 is 10.1 Å². The second kappa shape index (κ2) is 8.18. The molecule has 0 spiro atoms. The summed E-state index contributed by atoms with van der Waals surface area (Å²) in [6.07, 6.45) is 1.52. The molecule has 1 aromatic heterocycles. The van der Waals surface area contributed by atoms with Crippen LogP contribution in [0.2, 0.25) is 0 Å². The zero-order chi connectivity index (χ0) is 20.1. The summed E-state index contributed by atoms with van der Waals surface area (Å²) in [4.78, 5) is 8.69. The van der Waals surface area contributed by atoms with Crippen LogP contribution in [0.15, 0.2) is 64.6 Å². The molecule has 28 heavy (non-hydrogen) atoms. The van der Waals surface area contributed by atoms with Crippen LogP contribution >= 0.6 is 0 Å². The van der Waals surface area contributed by atoms with Gasteiger partial charge in [-0.3, -0.25) is 4.72 Å². The average Bonchev–Trinajstić information content (AvgIpc) is 2.62. The molecule has 0 aliphatic rings. The highest BCUT2D eigenvalue weighted by Crippen LogP contribution is 2.19. The van der Waals surface area contributed by atoms with Gasteiger partial charge in [-0.05, 0) is 45.0 Å². The number of nitrogens with zero attached hydrogens (tertiary/aromatic N) is 3. The molecule has 0 aliphatic carbocycles. The van der Waals surface area contributed by atoms with Crippen LogP contribution in [0.4, 0.5) is 11.6 Å². The van der Waals surface area contributed by atoms with Crippen molar-refractivity contribution in [1.29, 1.82) is 0 Å². The van der Waals surface area contributed by atoms with Crippen molar-refractivity contribution in [3.05, 3.63) is 77.1 Å². The highest BCUT2D eigenvalue weighted by atomic mass is 32.2. The second-order valence-electron chi connectivity index (χ2n) is 6.35. The van der Waals surface area contributed by atoms with Crippen LogP contribution in [0.5, 0.6) is 0 Å². The topological polar surface area (TPSA) is 96.3 Å². The maximum Gasteiger partial charge on any atom is 0.261 e. The lowest BCUT2D eigenvalue weighted by atomic mass is 10.2. The lowest BCUT2D eigenvalue weighted by molar-refractivity contribution is 0.601. The number of hydrogen-bond acceptors (Lipinski definition) is 6. The Morgan fingerprint density at radius 1 is 0.929 bits per heavy atom. The first kappa shape index (κ1) is 19.5. The molecule has 3 aromatic rings. The number of sulfonamides is 1. The first-order valence-electron chi connectivity index (χ1n) is 8.63. The summed E-state index contributed by atoms with van der Waals surface area (Å²) < 4.78 is 27.9. The summed E-state index contributed by atoms with van der Waals surface area (Å²) in [5.74, 6) is 0.381. The van der Waals surface area contributed by atoms with E-state index in [4.69, 9.17) is 0 Å². The number of rotatable bonds is 6. The molecule has 144 valence electrons. The van der Waals surface area contributed by atoms with Gasteiger partial charge in [0.25, 0.3) is 10.0 Å². The quantitative estimate of drug-likeness (QED) is 0.491. The summed E-state index contributed by atoms with van der Waals surface area (Å²) in [5, 5.41) is 4.13. The Morgan fingerprint density at radius 3 is 2.25 bits per heavy atom. The van der Waals surface area contributed by atoms with E-state index in [9.17, 15) is 8.42 Å². The third kappa shape index (κ3) is 4.92. The van der Waals surface area contributed by atoms with Crippen LogP contribution in [-0.4, -0.2) is 24.6 Å². The van der Waals surface area contributed by atoms with Crippen molar-refractivity contribution in [3.8, 4) is 0 Å². The number of hydrogen-bond donors (Lipinski definition) is 2. The number of anilines is 2. The maximum atomic E-state index is 12.6. The maximum absolute atomic E-state index is 12.6. The Labute approximate surface area is 164 Å². The number of benzene rings is 2. The van der Waals surface area contributed by atoms with E-state index in [0.29, 0.717) is 17.2 Å². The van der Waals surface area contributed by atoms with Gasteiger partial charge in [0.2, 0.25) is 5.95 Å². The summed E-state index contributed by atoms with van der Waals surface area (Å²) in [6, 6.07) is 15.5. The number of aromatic nitrogens is 2. The van der Waals surface area contributed by atoms with E-state index in [1.165, 1.54) is 6.21 Å². The monoisotopic (exact) mass is 395 g/mol. The van der Waals surface area contributed by atoms with Crippen LogP contribution in [0, 0.1) is 20.8 Å². The van der Waals surface area contributed by atoms with Crippen molar-refractivity contribution in [2.75, 3.05) is 10.1 Å². The first-order chi connectivity index (χ1) is 13.3. The summed E-state index contributed by atoms with van der Waals surface area (Å²) in [6.45, 7) is 5.65. The van der Waals surface area contributed by atoms with Crippen molar-refractivity contribution in [2.45, 2.75) is 25.7 Å². The molecule has 0 saturated carbocycles. The second-order valence-corrected chi connectivity index (χ2v) is 8.03. The molecule has 1 heterocycles. The van der Waals surface area contributed by atoms with Gasteiger partial charge in [-0.2, -0.15) is 5.10 Å². The lowest BCUT2D eigenvalue weighted by Gasteiger charge is -2.10. The number of nitrogens with one attached hydrogen (secondary N) is 2.